The minimum absolute atomic E-state index is 0.199. The molecule has 0 aromatic heterocycles. The summed E-state index contributed by atoms with van der Waals surface area (Å²) >= 11 is 3.17. The summed E-state index contributed by atoms with van der Waals surface area (Å²) < 4.78 is 14.0. The maximum Gasteiger partial charge on any atom is 0.189 e. The van der Waals surface area contributed by atoms with Crippen molar-refractivity contribution in [1.29, 1.82) is 0 Å². The van der Waals surface area contributed by atoms with E-state index >= 15 is 0 Å². The minimum Gasteiger partial charge on any atom is -0.370 e. The molecule has 0 aliphatic heterocycles. The van der Waals surface area contributed by atoms with Crippen molar-refractivity contribution in [3.05, 3.63) is 34.1 Å². The highest BCUT2D eigenvalue weighted by Crippen LogP contribution is 2.44. The van der Waals surface area contributed by atoms with E-state index in [9.17, 15) is 4.39 Å². The van der Waals surface area contributed by atoms with Crippen LogP contribution in [0.2, 0.25) is 0 Å². The first kappa shape index (κ1) is 13.9. The molecule has 0 amide bonds. The van der Waals surface area contributed by atoms with Gasteiger partial charge in [0.2, 0.25) is 0 Å². The van der Waals surface area contributed by atoms with Crippen LogP contribution in [0.4, 0.5) is 4.39 Å². The predicted molar refractivity (Wildman–Crippen MR) is 82.3 cm³/mol. The molecule has 3 nitrogen and oxygen atoms in total. The fourth-order valence-electron chi connectivity index (χ4n) is 2.92. The van der Waals surface area contributed by atoms with Gasteiger partial charge in [0, 0.05) is 12.0 Å². The Hall–Kier alpha value is -1.10. The third kappa shape index (κ3) is 3.14. The van der Waals surface area contributed by atoms with Crippen LogP contribution in [0.15, 0.2) is 27.7 Å². The topological polar surface area (TPSA) is 50.4 Å². The van der Waals surface area contributed by atoms with Crippen molar-refractivity contribution in [1.82, 2.24) is 5.32 Å². The fraction of sp³-hybridized carbons (Fsp3) is 0.533. The monoisotopic (exact) mass is 339 g/mol. The number of nitrogens with two attached hydrogens (primary N) is 1. The van der Waals surface area contributed by atoms with Crippen LogP contribution in [0.5, 0.6) is 0 Å². The van der Waals surface area contributed by atoms with Gasteiger partial charge in [-0.15, -0.1) is 0 Å². The van der Waals surface area contributed by atoms with Crippen LogP contribution in [-0.4, -0.2) is 18.0 Å². The number of hydrogen-bond donors (Lipinski definition) is 2. The van der Waals surface area contributed by atoms with Crippen LogP contribution in [0.25, 0.3) is 0 Å². The van der Waals surface area contributed by atoms with Crippen molar-refractivity contribution in [3.8, 4) is 0 Å². The highest BCUT2D eigenvalue weighted by Gasteiger charge is 2.39. The van der Waals surface area contributed by atoms with E-state index in [-0.39, 0.29) is 11.9 Å². The predicted octanol–water partition coefficient (Wildman–Crippen LogP) is 3.29. The van der Waals surface area contributed by atoms with Crippen molar-refractivity contribution in [2.45, 2.75) is 50.1 Å². The summed E-state index contributed by atoms with van der Waals surface area (Å²) in [4.78, 5) is 4.51. The number of nitrogens with zero attached hydrogens (tertiary/aromatic N) is 1. The molecule has 3 rings (SSSR count). The summed E-state index contributed by atoms with van der Waals surface area (Å²) in [5, 5.41) is 3.29. The summed E-state index contributed by atoms with van der Waals surface area (Å²) in [5.41, 5.74) is 6.95. The zero-order valence-corrected chi connectivity index (χ0v) is 12.9. The number of nitrogens with one attached hydrogen (secondary N) is 1. The van der Waals surface area contributed by atoms with Gasteiger partial charge in [0.15, 0.2) is 5.96 Å². The maximum atomic E-state index is 13.5. The Morgan fingerprint density at radius 3 is 2.80 bits per heavy atom. The Morgan fingerprint density at radius 1 is 1.35 bits per heavy atom. The average Bonchev–Trinajstić information content (AvgIpc) is 2.96. The zero-order valence-electron chi connectivity index (χ0n) is 11.3. The van der Waals surface area contributed by atoms with Crippen molar-refractivity contribution in [3.63, 3.8) is 0 Å². The van der Waals surface area contributed by atoms with Gasteiger partial charge in [-0.3, -0.25) is 0 Å². The molecular weight excluding hydrogens is 321 g/mol. The number of hydrogen-bond acceptors (Lipinski definition) is 1. The van der Waals surface area contributed by atoms with E-state index in [1.807, 2.05) is 6.07 Å². The third-order valence-corrected chi connectivity index (χ3v) is 4.78. The minimum atomic E-state index is -0.214. The number of halogens is 2. The van der Waals surface area contributed by atoms with Gasteiger partial charge in [-0.1, -0.05) is 18.9 Å². The van der Waals surface area contributed by atoms with Crippen LogP contribution in [-0.2, 0) is 0 Å². The summed E-state index contributed by atoms with van der Waals surface area (Å²) in [5.74, 6) is 0.637. The fourth-order valence-corrected chi connectivity index (χ4v) is 3.17. The molecule has 2 aliphatic rings. The lowest BCUT2D eigenvalue weighted by Gasteiger charge is -2.12. The summed E-state index contributed by atoms with van der Waals surface area (Å²) in [6.45, 7) is 0. The van der Waals surface area contributed by atoms with Gasteiger partial charge in [0.05, 0.1) is 10.5 Å². The van der Waals surface area contributed by atoms with E-state index in [0.29, 0.717) is 22.4 Å². The highest BCUT2D eigenvalue weighted by molar-refractivity contribution is 9.10. The molecule has 2 atom stereocenters. The first-order valence-electron chi connectivity index (χ1n) is 7.18. The lowest BCUT2D eigenvalue weighted by molar-refractivity contribution is 0.618. The highest BCUT2D eigenvalue weighted by atomic mass is 79.9. The van der Waals surface area contributed by atoms with Gasteiger partial charge in [-0.25, -0.2) is 9.38 Å². The van der Waals surface area contributed by atoms with Gasteiger partial charge in [0.1, 0.15) is 5.82 Å². The molecule has 1 aromatic rings. The maximum absolute atomic E-state index is 13.5. The van der Waals surface area contributed by atoms with E-state index in [1.165, 1.54) is 25.7 Å². The van der Waals surface area contributed by atoms with E-state index in [2.05, 4.69) is 26.2 Å². The second-order valence-corrected chi connectivity index (χ2v) is 6.58. The largest absolute Gasteiger partial charge is 0.370 e. The van der Waals surface area contributed by atoms with Crippen LogP contribution in [0, 0.1) is 5.82 Å². The van der Waals surface area contributed by atoms with Gasteiger partial charge in [-0.2, -0.15) is 0 Å². The normalized spacial score (nSPS) is 26.8. The SMILES string of the molecule is NC(=N[C@@H]1C[C@H]1c1ccc(Br)c(F)c1)NC1CCCC1. The Bertz CT molecular complexity index is 526. The van der Waals surface area contributed by atoms with Gasteiger partial charge in [0.25, 0.3) is 0 Å². The van der Waals surface area contributed by atoms with Crippen molar-refractivity contribution in [2.75, 3.05) is 0 Å². The lowest BCUT2D eigenvalue weighted by atomic mass is 10.1. The Kier molecular flexibility index (Phi) is 3.96. The molecule has 108 valence electrons. The van der Waals surface area contributed by atoms with Crippen LogP contribution in [0.1, 0.15) is 43.6 Å². The van der Waals surface area contributed by atoms with Crippen molar-refractivity contribution in [2.24, 2.45) is 10.7 Å². The summed E-state index contributed by atoms with van der Waals surface area (Å²) in [7, 11) is 0. The Labute approximate surface area is 127 Å². The number of guanidine groups is 1. The average molecular weight is 340 g/mol. The molecule has 2 aliphatic carbocycles. The molecule has 0 spiro atoms. The van der Waals surface area contributed by atoms with E-state index in [1.54, 1.807) is 12.1 Å². The second-order valence-electron chi connectivity index (χ2n) is 5.72. The van der Waals surface area contributed by atoms with Gasteiger partial charge >= 0.3 is 0 Å². The molecule has 0 radical (unpaired) electrons. The van der Waals surface area contributed by atoms with E-state index in [4.69, 9.17) is 5.73 Å². The molecule has 2 saturated carbocycles. The van der Waals surface area contributed by atoms with Crippen LogP contribution in [0.3, 0.4) is 0 Å². The van der Waals surface area contributed by atoms with Gasteiger partial charge < -0.3 is 11.1 Å². The summed E-state index contributed by atoms with van der Waals surface area (Å²) in [6, 6.07) is 5.98. The van der Waals surface area contributed by atoms with Crippen LogP contribution >= 0.6 is 15.9 Å². The smallest absolute Gasteiger partial charge is 0.189 e. The quantitative estimate of drug-likeness (QED) is 0.655. The van der Waals surface area contributed by atoms with Crippen molar-refractivity contribution >= 4 is 21.9 Å². The van der Waals surface area contributed by atoms with Crippen molar-refractivity contribution < 1.29 is 4.39 Å². The molecule has 2 fully saturated rings. The molecule has 1 aromatic carbocycles. The number of aliphatic imine (C=N–C) groups is 1. The van der Waals surface area contributed by atoms with Crippen LogP contribution < -0.4 is 11.1 Å². The first-order chi connectivity index (χ1) is 9.63. The molecule has 0 heterocycles. The van der Waals surface area contributed by atoms with E-state index < -0.39 is 0 Å². The molecule has 3 N–H and O–H groups in total. The Balaban J connectivity index is 1.59. The van der Waals surface area contributed by atoms with E-state index in [0.717, 1.165) is 12.0 Å². The molecule has 0 unspecified atom stereocenters. The molecule has 0 bridgehead atoms. The molecule has 0 saturated heterocycles. The Morgan fingerprint density at radius 2 is 2.10 bits per heavy atom. The first-order valence-corrected chi connectivity index (χ1v) is 7.97. The molecule has 20 heavy (non-hydrogen) atoms. The molecular formula is C15H19BrFN3. The summed E-state index contributed by atoms with van der Waals surface area (Å²) in [6.07, 6.45) is 5.86. The van der Waals surface area contributed by atoms with Gasteiger partial charge in [-0.05, 0) is 52.9 Å². The molecule has 5 heteroatoms. The third-order valence-electron chi connectivity index (χ3n) is 4.14. The standard InChI is InChI=1S/C15H19BrFN3/c16-12-6-5-9(7-13(12)17)11-8-14(11)20-15(18)19-10-3-1-2-4-10/h5-7,10-11,14H,1-4,8H2,(H3,18,19,20)/t11-,14+/m0/s1. The lowest BCUT2D eigenvalue weighted by Crippen LogP contribution is -2.38. The number of benzene rings is 1. The number of rotatable bonds is 3. The zero-order chi connectivity index (χ0) is 14.1. The second kappa shape index (κ2) is 5.72.